The quantitative estimate of drug-likeness (QED) is 0.459. The van der Waals surface area contributed by atoms with Gasteiger partial charge in [0, 0.05) is 23.5 Å². The van der Waals surface area contributed by atoms with Crippen molar-refractivity contribution in [2.75, 3.05) is 0 Å². The minimum atomic E-state index is -1.25. The van der Waals surface area contributed by atoms with Crippen molar-refractivity contribution in [1.82, 2.24) is 20.8 Å². The van der Waals surface area contributed by atoms with Crippen LogP contribution < -0.4 is 10.8 Å². The molecule has 1 heterocycles. The zero-order chi connectivity index (χ0) is 16.8. The molecule has 8 heteroatoms. The highest BCUT2D eigenvalue weighted by atomic mass is 16.5. The molecule has 0 spiro atoms. The first kappa shape index (κ1) is 16.5. The number of hydrogen-bond acceptors (Lipinski definition) is 6. The molecule has 2 atom stereocenters. The number of hydrogen-bond donors (Lipinski definition) is 4. The highest BCUT2D eigenvalue weighted by molar-refractivity contribution is 5.97. The van der Waals surface area contributed by atoms with E-state index in [1.54, 1.807) is 36.7 Å². The lowest BCUT2D eigenvalue weighted by Gasteiger charge is -2.19. The first-order valence-electron chi connectivity index (χ1n) is 6.81. The molecule has 0 saturated heterocycles. The lowest BCUT2D eigenvalue weighted by molar-refractivity contribution is -0.133. The van der Waals surface area contributed by atoms with Gasteiger partial charge in [-0.15, -0.1) is 0 Å². The van der Waals surface area contributed by atoms with E-state index in [4.69, 9.17) is 5.21 Å². The number of carbonyl (C=O) groups is 2. The highest BCUT2D eigenvalue weighted by Crippen LogP contribution is 2.17. The van der Waals surface area contributed by atoms with Crippen molar-refractivity contribution < 1.29 is 19.9 Å². The molecule has 2 rings (SSSR count). The predicted molar refractivity (Wildman–Crippen MR) is 80.3 cm³/mol. The maximum absolute atomic E-state index is 12.1. The molecule has 8 nitrogen and oxygen atoms in total. The van der Waals surface area contributed by atoms with Crippen LogP contribution in [0.1, 0.15) is 17.3 Å². The second kappa shape index (κ2) is 7.43. The number of carbonyl (C=O) groups excluding carboxylic acids is 2. The molecule has 0 bridgehead atoms. The Bertz CT molecular complexity index is 674. The Balaban J connectivity index is 2.12. The first-order valence-corrected chi connectivity index (χ1v) is 6.81. The Kier molecular flexibility index (Phi) is 5.34. The highest BCUT2D eigenvalue weighted by Gasteiger charge is 2.25. The molecule has 0 unspecified atom stereocenters. The molecule has 0 aliphatic rings. The molecule has 1 aromatic heterocycles. The molecule has 0 radical (unpaired) electrons. The van der Waals surface area contributed by atoms with Crippen molar-refractivity contribution in [3.05, 3.63) is 48.5 Å². The van der Waals surface area contributed by atoms with Crippen LogP contribution >= 0.6 is 0 Å². The van der Waals surface area contributed by atoms with Crippen molar-refractivity contribution in [2.24, 2.45) is 0 Å². The summed E-state index contributed by atoms with van der Waals surface area (Å²) in [5, 5.41) is 20.5. The number of nitrogens with zero attached hydrogens (tertiary/aromatic N) is 2. The van der Waals surface area contributed by atoms with Crippen LogP contribution in [0.2, 0.25) is 0 Å². The predicted octanol–water partition coefficient (Wildman–Crippen LogP) is 0.128. The van der Waals surface area contributed by atoms with Gasteiger partial charge in [-0.25, -0.2) is 15.4 Å². The third kappa shape index (κ3) is 4.09. The summed E-state index contributed by atoms with van der Waals surface area (Å²) in [5.41, 5.74) is 3.36. The second-order valence-corrected chi connectivity index (χ2v) is 4.87. The van der Waals surface area contributed by atoms with Crippen LogP contribution in [0, 0.1) is 0 Å². The summed E-state index contributed by atoms with van der Waals surface area (Å²) in [6.07, 6.45) is 3.56. The molecule has 120 valence electrons. The van der Waals surface area contributed by atoms with Crippen molar-refractivity contribution >= 4 is 11.8 Å². The molecule has 2 aromatic rings. The van der Waals surface area contributed by atoms with E-state index >= 15 is 0 Å². The molecule has 0 fully saturated rings. The summed E-state index contributed by atoms with van der Waals surface area (Å²) >= 11 is 0. The zero-order valence-corrected chi connectivity index (χ0v) is 12.3. The maximum Gasteiger partial charge on any atom is 0.268 e. The molecule has 4 N–H and O–H groups in total. The molecule has 23 heavy (non-hydrogen) atoms. The van der Waals surface area contributed by atoms with E-state index < -0.39 is 24.0 Å². The van der Waals surface area contributed by atoms with E-state index in [2.05, 4.69) is 15.3 Å². The lowest BCUT2D eigenvalue weighted by Crippen LogP contribution is -2.51. The van der Waals surface area contributed by atoms with Gasteiger partial charge in [-0.05, 0) is 24.6 Å². The third-order valence-electron chi connectivity index (χ3n) is 3.20. The van der Waals surface area contributed by atoms with Crippen molar-refractivity contribution in [1.29, 1.82) is 0 Å². The Morgan fingerprint density at radius 1 is 1.09 bits per heavy atom. The van der Waals surface area contributed by atoms with E-state index in [1.165, 1.54) is 18.7 Å². The number of aromatic nitrogens is 2. The molecule has 0 aliphatic carbocycles. The molecule has 2 amide bonds. The zero-order valence-electron chi connectivity index (χ0n) is 12.3. The summed E-state index contributed by atoms with van der Waals surface area (Å²) in [5.74, 6) is -1.44. The monoisotopic (exact) mass is 316 g/mol. The maximum atomic E-state index is 12.1. The summed E-state index contributed by atoms with van der Waals surface area (Å²) in [6.45, 7) is 1.33. The van der Waals surface area contributed by atoms with Crippen molar-refractivity contribution in [3.63, 3.8) is 0 Å². The third-order valence-corrected chi connectivity index (χ3v) is 3.20. The average Bonchev–Trinajstić information content (AvgIpc) is 2.59. The summed E-state index contributed by atoms with van der Waals surface area (Å²) < 4.78 is 0. The van der Waals surface area contributed by atoms with Crippen LogP contribution in [0.3, 0.4) is 0 Å². The molecular formula is C15H16N4O4. The molecule has 1 aromatic carbocycles. The van der Waals surface area contributed by atoms with E-state index in [0.717, 1.165) is 11.1 Å². The summed E-state index contributed by atoms with van der Waals surface area (Å²) in [4.78, 5) is 31.4. The van der Waals surface area contributed by atoms with Crippen LogP contribution in [0.4, 0.5) is 0 Å². The van der Waals surface area contributed by atoms with Gasteiger partial charge in [0.2, 0.25) is 0 Å². The van der Waals surface area contributed by atoms with Crippen molar-refractivity contribution in [2.45, 2.75) is 19.1 Å². The van der Waals surface area contributed by atoms with Gasteiger partial charge in [0.25, 0.3) is 11.8 Å². The fourth-order valence-corrected chi connectivity index (χ4v) is 1.96. The Morgan fingerprint density at radius 3 is 2.22 bits per heavy atom. The van der Waals surface area contributed by atoms with Gasteiger partial charge in [-0.2, -0.15) is 0 Å². The standard InChI is InChI=1S/C15H16N4O4/c1-9(20)13(15(22)19-23)18-14(21)11-4-2-10(3-5-11)12-6-16-8-17-7-12/h2-9,13,20,23H,1H3,(H,18,21)(H,19,22)/t9-,13+/m1/s1. The van der Waals surface area contributed by atoms with Gasteiger partial charge in [0.15, 0.2) is 0 Å². The number of benzene rings is 1. The smallest absolute Gasteiger partial charge is 0.268 e. The van der Waals surface area contributed by atoms with Gasteiger partial charge in [0.05, 0.1) is 6.10 Å². The Morgan fingerprint density at radius 2 is 1.70 bits per heavy atom. The second-order valence-electron chi connectivity index (χ2n) is 4.87. The van der Waals surface area contributed by atoms with E-state index in [-0.39, 0.29) is 0 Å². The fourth-order valence-electron chi connectivity index (χ4n) is 1.96. The summed E-state index contributed by atoms with van der Waals surface area (Å²) in [6, 6.07) is 5.34. The molecule has 0 saturated carbocycles. The van der Waals surface area contributed by atoms with E-state index in [9.17, 15) is 14.7 Å². The SMILES string of the molecule is C[C@@H](O)[C@H](NC(=O)c1ccc(-c2cncnc2)cc1)C(=O)NO. The molecular weight excluding hydrogens is 300 g/mol. The Hall–Kier alpha value is -2.84. The average molecular weight is 316 g/mol. The fraction of sp³-hybridized carbons (Fsp3) is 0.200. The van der Waals surface area contributed by atoms with Gasteiger partial charge >= 0.3 is 0 Å². The topological polar surface area (TPSA) is 124 Å². The van der Waals surface area contributed by atoms with Crippen LogP contribution in [0.15, 0.2) is 43.0 Å². The summed E-state index contributed by atoms with van der Waals surface area (Å²) in [7, 11) is 0. The number of hydroxylamine groups is 1. The van der Waals surface area contributed by atoms with Gasteiger partial charge < -0.3 is 10.4 Å². The number of rotatable bonds is 5. The largest absolute Gasteiger partial charge is 0.391 e. The van der Waals surface area contributed by atoms with Crippen molar-refractivity contribution in [3.8, 4) is 11.1 Å². The van der Waals surface area contributed by atoms with Crippen LogP contribution in [0.5, 0.6) is 0 Å². The lowest BCUT2D eigenvalue weighted by atomic mass is 10.1. The van der Waals surface area contributed by atoms with E-state index in [0.29, 0.717) is 5.56 Å². The van der Waals surface area contributed by atoms with E-state index in [1.807, 2.05) is 0 Å². The number of aliphatic hydroxyl groups excluding tert-OH is 1. The molecule has 0 aliphatic heterocycles. The number of aliphatic hydroxyl groups is 1. The minimum absolute atomic E-state index is 0.307. The normalized spacial score (nSPS) is 13.0. The van der Waals surface area contributed by atoms with Crippen LogP contribution in [0.25, 0.3) is 11.1 Å². The van der Waals surface area contributed by atoms with Gasteiger partial charge in [0.1, 0.15) is 12.4 Å². The van der Waals surface area contributed by atoms with Gasteiger partial charge in [-0.1, -0.05) is 12.1 Å². The minimum Gasteiger partial charge on any atom is -0.391 e. The first-order chi connectivity index (χ1) is 11.0. The van der Waals surface area contributed by atoms with Crippen LogP contribution in [-0.2, 0) is 4.79 Å². The number of nitrogens with one attached hydrogen (secondary N) is 2. The Labute approximate surface area is 132 Å². The van der Waals surface area contributed by atoms with Gasteiger partial charge in [-0.3, -0.25) is 14.8 Å². The van der Waals surface area contributed by atoms with Crippen LogP contribution in [-0.4, -0.2) is 44.2 Å². The number of amides is 2.